The number of benzene rings is 2. The zero-order valence-corrected chi connectivity index (χ0v) is 13.6. The molecular weight excluding hydrogens is 291 g/mol. The third-order valence-corrected chi connectivity index (χ3v) is 3.93. The molecule has 0 radical (unpaired) electrons. The van der Waals surface area contributed by atoms with Crippen molar-refractivity contribution in [2.24, 2.45) is 5.73 Å². The van der Waals surface area contributed by atoms with Crippen molar-refractivity contribution in [1.82, 2.24) is 5.32 Å². The summed E-state index contributed by atoms with van der Waals surface area (Å²) in [5, 5.41) is 2.50. The predicted octanol–water partition coefficient (Wildman–Crippen LogP) is 3.49. The molecule has 0 saturated carbocycles. The van der Waals surface area contributed by atoms with E-state index in [-0.39, 0.29) is 17.4 Å². The molecule has 0 aromatic heterocycles. The van der Waals surface area contributed by atoms with Crippen LogP contribution >= 0.6 is 0 Å². The summed E-state index contributed by atoms with van der Waals surface area (Å²) in [7, 11) is 1.52. The largest absolute Gasteiger partial charge is 0.394 e. The van der Waals surface area contributed by atoms with Crippen LogP contribution in [0.25, 0.3) is 16.7 Å². The van der Waals surface area contributed by atoms with Gasteiger partial charge in [-0.15, -0.1) is 0 Å². The summed E-state index contributed by atoms with van der Waals surface area (Å²) in [6, 6.07) is 12.6. The lowest BCUT2D eigenvalue weighted by Crippen LogP contribution is -2.25. The predicted molar refractivity (Wildman–Crippen MR) is 92.1 cm³/mol. The van der Waals surface area contributed by atoms with E-state index in [4.69, 9.17) is 5.73 Å². The molecule has 0 aliphatic rings. The normalized spacial score (nSPS) is 11.8. The molecule has 0 atom stereocenters. The van der Waals surface area contributed by atoms with Crippen molar-refractivity contribution in [3.8, 4) is 11.1 Å². The number of carbonyl (C=O) groups is 1. The van der Waals surface area contributed by atoms with E-state index < -0.39 is 0 Å². The molecule has 3 N–H and O–H groups in total. The minimum atomic E-state index is -0.366. The Morgan fingerprint density at radius 2 is 1.87 bits per heavy atom. The summed E-state index contributed by atoms with van der Waals surface area (Å²) in [4.78, 5) is 11.8. The van der Waals surface area contributed by atoms with Crippen LogP contribution in [0.5, 0.6) is 0 Å². The molecule has 2 aromatic rings. The molecule has 120 valence electrons. The molecule has 0 bridgehead atoms. The highest BCUT2D eigenvalue weighted by atomic mass is 19.1. The first-order valence-electron chi connectivity index (χ1n) is 7.56. The van der Waals surface area contributed by atoms with Crippen molar-refractivity contribution in [3.63, 3.8) is 0 Å². The van der Waals surface area contributed by atoms with Crippen LogP contribution in [0.4, 0.5) is 4.39 Å². The molecule has 0 aliphatic heterocycles. The molecule has 1 amide bonds. The van der Waals surface area contributed by atoms with E-state index in [1.807, 2.05) is 37.3 Å². The Balaban J connectivity index is 2.71. The van der Waals surface area contributed by atoms with Crippen molar-refractivity contribution < 1.29 is 9.18 Å². The summed E-state index contributed by atoms with van der Waals surface area (Å²) >= 11 is 0. The first-order chi connectivity index (χ1) is 11.0. The third kappa shape index (κ3) is 3.42. The van der Waals surface area contributed by atoms with E-state index in [1.165, 1.54) is 19.2 Å². The van der Waals surface area contributed by atoms with Gasteiger partial charge in [0.25, 0.3) is 5.91 Å². The van der Waals surface area contributed by atoms with Crippen molar-refractivity contribution in [1.29, 1.82) is 0 Å². The van der Waals surface area contributed by atoms with Gasteiger partial charge in [0.2, 0.25) is 0 Å². The number of allylic oxidation sites excluding steroid dienone is 1. The van der Waals surface area contributed by atoms with Crippen molar-refractivity contribution >= 4 is 11.5 Å². The van der Waals surface area contributed by atoms with E-state index in [0.717, 1.165) is 16.7 Å². The Kier molecular flexibility index (Phi) is 5.16. The highest BCUT2D eigenvalue weighted by molar-refractivity contribution is 6.00. The smallest absolute Gasteiger partial charge is 0.267 e. The third-order valence-electron chi connectivity index (χ3n) is 3.93. The van der Waals surface area contributed by atoms with Crippen LogP contribution in [0.3, 0.4) is 0 Å². The molecule has 0 saturated heterocycles. The second-order valence-electron chi connectivity index (χ2n) is 5.32. The number of likely N-dealkylation sites (N-methyl/N-ethyl adjacent to an activating group) is 1. The van der Waals surface area contributed by atoms with Gasteiger partial charge in [-0.05, 0) is 53.3 Å². The average molecular weight is 312 g/mol. The number of hydrogen-bond acceptors (Lipinski definition) is 2. The van der Waals surface area contributed by atoms with Gasteiger partial charge in [0.1, 0.15) is 11.5 Å². The van der Waals surface area contributed by atoms with Gasteiger partial charge in [-0.3, -0.25) is 4.79 Å². The number of halogens is 1. The Morgan fingerprint density at radius 1 is 1.22 bits per heavy atom. The SMILES string of the molecule is CCc1c(/C(C)=C(\N)C(=O)NC)cc(F)cc1-c1ccccc1. The van der Waals surface area contributed by atoms with Gasteiger partial charge < -0.3 is 11.1 Å². The van der Waals surface area contributed by atoms with Crippen LogP contribution in [-0.2, 0) is 11.2 Å². The molecule has 0 fully saturated rings. The summed E-state index contributed by atoms with van der Waals surface area (Å²) < 4.78 is 14.2. The molecule has 2 rings (SSSR count). The van der Waals surface area contributed by atoms with Crippen molar-refractivity contribution in [3.05, 3.63) is 65.1 Å². The number of nitrogens with two attached hydrogens (primary N) is 1. The van der Waals surface area contributed by atoms with Gasteiger partial charge >= 0.3 is 0 Å². The highest BCUT2D eigenvalue weighted by Crippen LogP contribution is 2.32. The fourth-order valence-corrected chi connectivity index (χ4v) is 2.68. The molecule has 0 unspecified atom stereocenters. The van der Waals surface area contributed by atoms with Gasteiger partial charge in [0.05, 0.1) is 0 Å². The number of amides is 1. The first kappa shape index (κ1) is 16.7. The summed E-state index contributed by atoms with van der Waals surface area (Å²) in [6.45, 7) is 3.75. The first-order valence-corrected chi connectivity index (χ1v) is 7.56. The van der Waals surface area contributed by atoms with Gasteiger partial charge in [0, 0.05) is 7.05 Å². The zero-order valence-electron chi connectivity index (χ0n) is 13.6. The second-order valence-corrected chi connectivity index (χ2v) is 5.32. The standard InChI is InChI=1S/C19H21FN2O/c1-4-15-16(12(2)18(21)19(23)22-3)10-14(20)11-17(15)13-8-6-5-7-9-13/h5-11H,4,21H2,1-3H3,(H,22,23)/b18-12-. The Morgan fingerprint density at radius 3 is 2.43 bits per heavy atom. The van der Waals surface area contributed by atoms with E-state index in [0.29, 0.717) is 17.6 Å². The topological polar surface area (TPSA) is 55.1 Å². The molecule has 2 aromatic carbocycles. The fourth-order valence-electron chi connectivity index (χ4n) is 2.68. The minimum Gasteiger partial charge on any atom is -0.394 e. The lowest BCUT2D eigenvalue weighted by atomic mass is 9.89. The van der Waals surface area contributed by atoms with Crippen LogP contribution in [0.2, 0.25) is 0 Å². The van der Waals surface area contributed by atoms with Crippen LogP contribution in [0, 0.1) is 5.82 Å². The van der Waals surface area contributed by atoms with Crippen molar-refractivity contribution in [2.75, 3.05) is 7.05 Å². The molecule has 0 heterocycles. The Labute approximate surface area is 136 Å². The van der Waals surface area contributed by atoms with Gasteiger partial charge in [-0.1, -0.05) is 37.3 Å². The Bertz CT molecular complexity index is 751. The zero-order chi connectivity index (χ0) is 17.0. The quantitative estimate of drug-likeness (QED) is 0.849. The number of hydrogen-bond donors (Lipinski definition) is 2. The summed E-state index contributed by atoms with van der Waals surface area (Å²) in [6.07, 6.45) is 0.707. The van der Waals surface area contributed by atoms with Gasteiger partial charge in [-0.2, -0.15) is 0 Å². The second kappa shape index (κ2) is 7.09. The highest BCUT2D eigenvalue weighted by Gasteiger charge is 2.16. The lowest BCUT2D eigenvalue weighted by Gasteiger charge is -2.16. The minimum absolute atomic E-state index is 0.104. The number of nitrogens with one attached hydrogen (secondary N) is 1. The summed E-state index contributed by atoms with van der Waals surface area (Å²) in [5.74, 6) is -0.713. The van der Waals surface area contributed by atoms with Crippen LogP contribution in [-0.4, -0.2) is 13.0 Å². The maximum atomic E-state index is 14.2. The summed E-state index contributed by atoms with van der Waals surface area (Å²) in [5.41, 5.74) is 10.0. The van der Waals surface area contributed by atoms with E-state index in [1.54, 1.807) is 6.92 Å². The maximum Gasteiger partial charge on any atom is 0.267 e. The molecular formula is C19H21FN2O. The van der Waals surface area contributed by atoms with Crippen LogP contribution in [0.15, 0.2) is 48.2 Å². The maximum absolute atomic E-state index is 14.2. The van der Waals surface area contributed by atoms with Gasteiger partial charge in [-0.25, -0.2) is 4.39 Å². The van der Waals surface area contributed by atoms with E-state index >= 15 is 0 Å². The Hall–Kier alpha value is -2.62. The molecule has 0 aliphatic carbocycles. The van der Waals surface area contributed by atoms with E-state index in [9.17, 15) is 9.18 Å². The number of rotatable bonds is 4. The average Bonchev–Trinajstić information content (AvgIpc) is 2.59. The molecule has 3 nitrogen and oxygen atoms in total. The lowest BCUT2D eigenvalue weighted by molar-refractivity contribution is -0.117. The molecule has 4 heteroatoms. The van der Waals surface area contributed by atoms with Crippen LogP contribution in [0.1, 0.15) is 25.0 Å². The molecule has 23 heavy (non-hydrogen) atoms. The van der Waals surface area contributed by atoms with Crippen LogP contribution < -0.4 is 11.1 Å². The van der Waals surface area contributed by atoms with Gasteiger partial charge in [0.15, 0.2) is 0 Å². The monoisotopic (exact) mass is 312 g/mol. The van der Waals surface area contributed by atoms with Crippen molar-refractivity contribution in [2.45, 2.75) is 20.3 Å². The fraction of sp³-hybridized carbons (Fsp3) is 0.211. The number of carbonyl (C=O) groups excluding carboxylic acids is 1. The molecule has 0 spiro atoms. The van der Waals surface area contributed by atoms with E-state index in [2.05, 4.69) is 5.32 Å².